The van der Waals surface area contributed by atoms with Crippen molar-refractivity contribution in [2.45, 2.75) is 13.3 Å². The predicted molar refractivity (Wildman–Crippen MR) is 41.0 cm³/mol. The van der Waals surface area contributed by atoms with E-state index in [4.69, 9.17) is 0 Å². The molecule has 0 spiro atoms. The fraction of sp³-hybridized carbons (Fsp3) is 0.333. The van der Waals surface area contributed by atoms with Crippen LogP contribution in [-0.2, 0) is 14.3 Å². The monoisotopic (exact) mass is 164 g/mol. The largest absolute Gasteiger partial charge is 0.386 e. The number of rotatable bonds is 0. The molecule has 0 N–H and O–H groups in total. The second-order valence-corrected chi connectivity index (χ2v) is 3.04. The minimum Gasteiger partial charge on any atom is -0.386 e. The van der Waals surface area contributed by atoms with Gasteiger partial charge < -0.3 is 4.74 Å². The fourth-order valence-corrected chi connectivity index (χ4v) is 1.55. The fourth-order valence-electron chi connectivity index (χ4n) is 1.55. The van der Waals surface area contributed by atoms with E-state index in [1.54, 1.807) is 6.08 Å². The van der Waals surface area contributed by atoms with E-state index in [9.17, 15) is 9.59 Å². The predicted octanol–water partition coefficient (Wildman–Crippen LogP) is 0.962. The van der Waals surface area contributed by atoms with Gasteiger partial charge in [0, 0.05) is 0 Å². The average molecular weight is 164 g/mol. The second-order valence-electron chi connectivity index (χ2n) is 3.04. The lowest BCUT2D eigenvalue weighted by Gasteiger charge is -2.10. The molecular formula is C9H8O3. The summed E-state index contributed by atoms with van der Waals surface area (Å²) >= 11 is 0. The van der Waals surface area contributed by atoms with Crippen molar-refractivity contribution in [3.63, 3.8) is 0 Å². The van der Waals surface area contributed by atoms with Crippen LogP contribution in [0.25, 0.3) is 0 Å². The number of hydrogen-bond acceptors (Lipinski definition) is 3. The van der Waals surface area contributed by atoms with Gasteiger partial charge in [-0.25, -0.2) is 9.59 Å². The van der Waals surface area contributed by atoms with Crippen molar-refractivity contribution >= 4 is 11.9 Å². The van der Waals surface area contributed by atoms with E-state index >= 15 is 0 Å². The highest BCUT2D eigenvalue weighted by Gasteiger charge is 2.35. The minimum absolute atomic E-state index is 0.115. The van der Waals surface area contributed by atoms with Gasteiger partial charge in [-0.05, 0) is 12.3 Å². The van der Waals surface area contributed by atoms with E-state index in [1.807, 2.05) is 13.0 Å². The Hall–Kier alpha value is -1.38. The Balaban J connectivity index is 2.52. The number of ether oxygens (including phenoxy) is 1. The molecule has 0 aromatic heterocycles. The summed E-state index contributed by atoms with van der Waals surface area (Å²) in [5, 5.41) is 0. The van der Waals surface area contributed by atoms with Crippen molar-refractivity contribution in [3.8, 4) is 0 Å². The molecule has 1 atom stereocenters. The molecule has 3 nitrogen and oxygen atoms in total. The maximum absolute atomic E-state index is 11.1. The molecule has 0 fully saturated rings. The van der Waals surface area contributed by atoms with Crippen LogP contribution in [-0.4, -0.2) is 11.9 Å². The Morgan fingerprint density at radius 1 is 1.42 bits per heavy atom. The van der Waals surface area contributed by atoms with Crippen molar-refractivity contribution in [3.05, 3.63) is 23.3 Å². The molecule has 0 aromatic carbocycles. The summed E-state index contributed by atoms with van der Waals surface area (Å²) in [6.45, 7) is 1.92. The third-order valence-corrected chi connectivity index (χ3v) is 2.18. The number of carbonyl (C=O) groups excluding carboxylic acids is 2. The van der Waals surface area contributed by atoms with Gasteiger partial charge >= 0.3 is 11.9 Å². The molecule has 0 saturated heterocycles. The summed E-state index contributed by atoms with van der Waals surface area (Å²) < 4.78 is 4.48. The summed E-state index contributed by atoms with van der Waals surface area (Å²) in [7, 11) is 0. The third kappa shape index (κ3) is 0.826. The summed E-state index contributed by atoms with van der Waals surface area (Å²) in [5.41, 5.74) is 0.987. The standard InChI is InChI=1S/C9H8O3/c1-5-3-2-4-6-7(5)9(11)12-8(6)10/h2,4-5H,3H2,1H3. The molecule has 0 radical (unpaired) electrons. The van der Waals surface area contributed by atoms with Crippen LogP contribution in [0.3, 0.4) is 0 Å². The highest BCUT2D eigenvalue weighted by Crippen LogP contribution is 2.31. The molecule has 0 bridgehead atoms. The van der Waals surface area contributed by atoms with Gasteiger partial charge in [-0.2, -0.15) is 0 Å². The zero-order valence-corrected chi connectivity index (χ0v) is 6.66. The van der Waals surface area contributed by atoms with Crippen molar-refractivity contribution in [1.29, 1.82) is 0 Å². The first-order chi connectivity index (χ1) is 5.70. The first-order valence-corrected chi connectivity index (χ1v) is 3.87. The molecule has 1 aliphatic heterocycles. The van der Waals surface area contributed by atoms with E-state index in [2.05, 4.69) is 4.74 Å². The first kappa shape index (κ1) is 7.28. The first-order valence-electron chi connectivity index (χ1n) is 3.87. The summed E-state index contributed by atoms with van der Waals surface area (Å²) in [6, 6.07) is 0. The number of hydrogen-bond donors (Lipinski definition) is 0. The summed E-state index contributed by atoms with van der Waals surface area (Å²) in [4.78, 5) is 22.1. The maximum Gasteiger partial charge on any atom is 0.346 e. The van der Waals surface area contributed by atoms with E-state index in [-0.39, 0.29) is 5.92 Å². The molecule has 12 heavy (non-hydrogen) atoms. The van der Waals surface area contributed by atoms with Gasteiger partial charge in [-0.1, -0.05) is 19.1 Å². The Morgan fingerprint density at radius 3 is 2.83 bits per heavy atom. The van der Waals surface area contributed by atoms with E-state index in [0.717, 1.165) is 6.42 Å². The van der Waals surface area contributed by atoms with Crippen molar-refractivity contribution in [2.75, 3.05) is 0 Å². The normalized spacial score (nSPS) is 27.6. The minimum atomic E-state index is -0.502. The topological polar surface area (TPSA) is 43.4 Å². The van der Waals surface area contributed by atoms with Gasteiger partial charge in [0.1, 0.15) is 0 Å². The van der Waals surface area contributed by atoms with Crippen molar-refractivity contribution in [1.82, 2.24) is 0 Å². The van der Waals surface area contributed by atoms with Crippen LogP contribution in [0.5, 0.6) is 0 Å². The molecule has 2 rings (SSSR count). The van der Waals surface area contributed by atoms with E-state index in [0.29, 0.717) is 11.1 Å². The number of cyclic esters (lactones) is 2. The summed E-state index contributed by atoms with van der Waals surface area (Å²) in [5.74, 6) is -0.853. The lowest BCUT2D eigenvalue weighted by Crippen LogP contribution is -2.09. The lowest BCUT2D eigenvalue weighted by molar-refractivity contribution is -0.151. The van der Waals surface area contributed by atoms with Gasteiger partial charge in [0.15, 0.2) is 0 Å². The highest BCUT2D eigenvalue weighted by molar-refractivity contribution is 6.14. The maximum atomic E-state index is 11.1. The zero-order valence-electron chi connectivity index (χ0n) is 6.66. The highest BCUT2D eigenvalue weighted by atomic mass is 16.6. The van der Waals surface area contributed by atoms with Crippen molar-refractivity contribution in [2.24, 2.45) is 5.92 Å². The number of carbonyl (C=O) groups is 2. The van der Waals surface area contributed by atoms with Crippen molar-refractivity contribution < 1.29 is 14.3 Å². The Bertz CT molecular complexity index is 323. The molecule has 0 amide bonds. The van der Waals surface area contributed by atoms with Gasteiger partial charge in [0.25, 0.3) is 0 Å². The third-order valence-electron chi connectivity index (χ3n) is 2.18. The van der Waals surface area contributed by atoms with Crippen LogP contribution in [0.1, 0.15) is 13.3 Å². The zero-order chi connectivity index (χ0) is 8.72. The smallest absolute Gasteiger partial charge is 0.346 e. The molecule has 2 aliphatic rings. The van der Waals surface area contributed by atoms with Gasteiger partial charge in [0.2, 0.25) is 0 Å². The average Bonchev–Trinajstić information content (AvgIpc) is 2.29. The molecule has 1 unspecified atom stereocenters. The summed E-state index contributed by atoms with van der Waals surface area (Å²) in [6.07, 6.45) is 4.37. The number of esters is 2. The Labute approximate surface area is 69.7 Å². The quantitative estimate of drug-likeness (QED) is 0.395. The number of allylic oxidation sites excluding steroid dienone is 1. The van der Waals surface area contributed by atoms with Crippen LogP contribution >= 0.6 is 0 Å². The van der Waals surface area contributed by atoms with E-state index < -0.39 is 11.9 Å². The van der Waals surface area contributed by atoms with E-state index in [1.165, 1.54) is 0 Å². The second kappa shape index (κ2) is 2.30. The molecular weight excluding hydrogens is 156 g/mol. The molecule has 0 saturated carbocycles. The Morgan fingerprint density at radius 2 is 2.17 bits per heavy atom. The molecule has 3 heteroatoms. The van der Waals surface area contributed by atoms with Crippen LogP contribution in [0, 0.1) is 5.92 Å². The van der Waals surface area contributed by atoms with Gasteiger partial charge in [-0.15, -0.1) is 0 Å². The molecule has 1 aliphatic carbocycles. The molecule has 1 heterocycles. The van der Waals surface area contributed by atoms with Gasteiger partial charge in [-0.3, -0.25) is 0 Å². The SMILES string of the molecule is CC1CC=CC2=C1C(=O)OC2=O. The van der Waals surface area contributed by atoms with Crippen LogP contribution < -0.4 is 0 Å². The van der Waals surface area contributed by atoms with Crippen LogP contribution in [0.15, 0.2) is 23.3 Å². The lowest BCUT2D eigenvalue weighted by atomic mass is 9.90. The molecule has 62 valence electrons. The molecule has 0 aromatic rings. The van der Waals surface area contributed by atoms with Crippen LogP contribution in [0.4, 0.5) is 0 Å². The van der Waals surface area contributed by atoms with Crippen LogP contribution in [0.2, 0.25) is 0 Å². The Kier molecular flexibility index (Phi) is 1.40. The van der Waals surface area contributed by atoms with Gasteiger partial charge in [0.05, 0.1) is 11.1 Å².